The first kappa shape index (κ1) is 18.0. The number of rotatable bonds is 2. The van der Waals surface area contributed by atoms with Crippen molar-refractivity contribution in [2.75, 3.05) is 5.73 Å². The number of nitrogens with two attached hydrogens (primary N) is 2. The second kappa shape index (κ2) is 6.98. The third kappa shape index (κ3) is 3.21. The van der Waals surface area contributed by atoms with Gasteiger partial charge in [0.1, 0.15) is 34.0 Å². The number of fused-ring (bicyclic) bond motifs is 1. The van der Waals surface area contributed by atoms with Crippen LogP contribution >= 0.6 is 0 Å². The molecule has 0 unspecified atom stereocenters. The minimum atomic E-state index is -0.717. The normalized spacial score (nSPS) is 10.5. The van der Waals surface area contributed by atoms with Crippen LogP contribution in [0.1, 0.15) is 27.3 Å². The molecule has 0 aliphatic carbocycles. The number of aryl methyl sites for hydroxylation is 1. The van der Waals surface area contributed by atoms with Gasteiger partial charge in [0.05, 0.1) is 11.9 Å². The standard InChI is InChI=1S/C21H16N6O2/c1-12-5-8-15(28)10-16(12)27-19(22)17(20(23)29)18-21(27)26-14(11-25-18)7-6-13-4-2-3-9-24-13/h2-5,8-11,28H,22H2,1H3,(H2,23,29). The third-order valence-electron chi connectivity index (χ3n) is 4.36. The number of anilines is 1. The lowest BCUT2D eigenvalue weighted by atomic mass is 10.2. The number of phenols is 1. The number of aromatic nitrogens is 4. The molecule has 4 rings (SSSR count). The second-order valence-corrected chi connectivity index (χ2v) is 6.32. The highest BCUT2D eigenvalue weighted by Crippen LogP contribution is 2.31. The van der Waals surface area contributed by atoms with E-state index in [1.807, 2.05) is 13.0 Å². The molecule has 4 aromatic rings. The first-order valence-corrected chi connectivity index (χ1v) is 8.65. The minimum absolute atomic E-state index is 0.0477. The maximum absolute atomic E-state index is 12.0. The summed E-state index contributed by atoms with van der Waals surface area (Å²) in [6.45, 7) is 1.85. The van der Waals surface area contributed by atoms with Crippen LogP contribution < -0.4 is 11.5 Å². The molecular weight excluding hydrogens is 368 g/mol. The zero-order chi connectivity index (χ0) is 20.5. The Kier molecular flexibility index (Phi) is 4.33. The number of hydrogen-bond acceptors (Lipinski definition) is 6. The number of aromatic hydroxyl groups is 1. The molecule has 0 aliphatic heterocycles. The highest BCUT2D eigenvalue weighted by Gasteiger charge is 2.23. The van der Waals surface area contributed by atoms with E-state index in [1.165, 1.54) is 12.3 Å². The van der Waals surface area contributed by atoms with Gasteiger partial charge in [-0.15, -0.1) is 0 Å². The van der Waals surface area contributed by atoms with Crippen LogP contribution in [0, 0.1) is 18.8 Å². The van der Waals surface area contributed by atoms with Gasteiger partial charge in [-0.05, 0) is 42.5 Å². The molecule has 0 fully saturated rings. The molecule has 3 heterocycles. The smallest absolute Gasteiger partial charge is 0.254 e. The quantitative estimate of drug-likeness (QED) is 0.452. The molecule has 0 saturated carbocycles. The van der Waals surface area contributed by atoms with E-state index in [9.17, 15) is 9.90 Å². The summed E-state index contributed by atoms with van der Waals surface area (Å²) < 4.78 is 1.55. The van der Waals surface area contributed by atoms with Crippen LogP contribution in [0.25, 0.3) is 16.9 Å². The lowest BCUT2D eigenvalue weighted by molar-refractivity contribution is 0.100. The summed E-state index contributed by atoms with van der Waals surface area (Å²) in [7, 11) is 0. The summed E-state index contributed by atoms with van der Waals surface area (Å²) in [5, 5.41) is 9.93. The van der Waals surface area contributed by atoms with E-state index in [0.717, 1.165) is 5.56 Å². The molecule has 1 amide bonds. The van der Waals surface area contributed by atoms with Crippen molar-refractivity contribution in [3.63, 3.8) is 0 Å². The van der Waals surface area contributed by atoms with E-state index in [-0.39, 0.29) is 22.6 Å². The van der Waals surface area contributed by atoms with Crippen LogP contribution in [0.15, 0.2) is 48.8 Å². The fourth-order valence-corrected chi connectivity index (χ4v) is 3.01. The number of carbonyl (C=O) groups is 1. The number of hydrogen-bond donors (Lipinski definition) is 3. The van der Waals surface area contributed by atoms with Crippen molar-refractivity contribution in [1.29, 1.82) is 0 Å². The van der Waals surface area contributed by atoms with Gasteiger partial charge < -0.3 is 16.6 Å². The van der Waals surface area contributed by atoms with Crippen LogP contribution in [-0.2, 0) is 0 Å². The molecule has 8 nitrogen and oxygen atoms in total. The largest absolute Gasteiger partial charge is 0.508 e. The summed E-state index contributed by atoms with van der Waals surface area (Å²) in [6.07, 6.45) is 3.10. The van der Waals surface area contributed by atoms with E-state index in [1.54, 1.807) is 35.0 Å². The zero-order valence-electron chi connectivity index (χ0n) is 15.4. The maximum atomic E-state index is 12.0. The van der Waals surface area contributed by atoms with Gasteiger partial charge in [-0.25, -0.2) is 15.0 Å². The van der Waals surface area contributed by atoms with Crippen molar-refractivity contribution in [1.82, 2.24) is 19.5 Å². The number of nitrogens with zero attached hydrogens (tertiary/aromatic N) is 4. The minimum Gasteiger partial charge on any atom is -0.508 e. The first-order valence-electron chi connectivity index (χ1n) is 8.65. The van der Waals surface area contributed by atoms with Crippen LogP contribution in [-0.4, -0.2) is 30.5 Å². The van der Waals surface area contributed by atoms with Crippen molar-refractivity contribution in [3.05, 3.63) is 71.3 Å². The van der Waals surface area contributed by atoms with Crippen LogP contribution in [0.5, 0.6) is 5.75 Å². The van der Waals surface area contributed by atoms with Gasteiger partial charge in [0, 0.05) is 12.3 Å². The van der Waals surface area contributed by atoms with Crippen LogP contribution in [0.2, 0.25) is 0 Å². The topological polar surface area (TPSA) is 133 Å². The Morgan fingerprint density at radius 1 is 1.14 bits per heavy atom. The van der Waals surface area contributed by atoms with E-state index in [0.29, 0.717) is 22.7 Å². The molecule has 0 saturated heterocycles. The molecule has 29 heavy (non-hydrogen) atoms. The average molecular weight is 384 g/mol. The van der Waals surface area contributed by atoms with Gasteiger partial charge in [0.25, 0.3) is 5.91 Å². The first-order chi connectivity index (χ1) is 14.0. The Morgan fingerprint density at radius 3 is 2.66 bits per heavy atom. The molecule has 5 N–H and O–H groups in total. The van der Waals surface area contributed by atoms with Gasteiger partial charge in [-0.1, -0.05) is 12.1 Å². The van der Waals surface area contributed by atoms with Crippen molar-refractivity contribution >= 4 is 22.9 Å². The predicted octanol–water partition coefficient (Wildman–Crippen LogP) is 1.91. The van der Waals surface area contributed by atoms with Gasteiger partial charge in [-0.2, -0.15) is 0 Å². The van der Waals surface area contributed by atoms with Crippen molar-refractivity contribution in [2.45, 2.75) is 6.92 Å². The summed E-state index contributed by atoms with van der Waals surface area (Å²) in [5.41, 5.74) is 14.7. The van der Waals surface area contributed by atoms with E-state index in [2.05, 4.69) is 26.8 Å². The van der Waals surface area contributed by atoms with Gasteiger partial charge in [0.15, 0.2) is 5.65 Å². The molecule has 3 aromatic heterocycles. The molecule has 8 heteroatoms. The molecular formula is C21H16N6O2. The molecule has 0 aliphatic rings. The molecule has 0 atom stereocenters. The Bertz CT molecular complexity index is 1320. The van der Waals surface area contributed by atoms with Gasteiger partial charge >= 0.3 is 0 Å². The highest BCUT2D eigenvalue weighted by atomic mass is 16.3. The second-order valence-electron chi connectivity index (χ2n) is 6.32. The van der Waals surface area contributed by atoms with E-state index < -0.39 is 5.91 Å². The zero-order valence-corrected chi connectivity index (χ0v) is 15.4. The maximum Gasteiger partial charge on any atom is 0.254 e. The number of pyridine rings is 1. The lowest BCUT2D eigenvalue weighted by Gasteiger charge is -2.11. The van der Waals surface area contributed by atoms with Crippen molar-refractivity contribution in [2.24, 2.45) is 5.73 Å². The lowest BCUT2D eigenvalue weighted by Crippen LogP contribution is -2.14. The predicted molar refractivity (Wildman–Crippen MR) is 108 cm³/mol. The molecule has 0 spiro atoms. The number of amides is 1. The fraction of sp³-hybridized carbons (Fsp3) is 0.0476. The molecule has 1 aromatic carbocycles. The van der Waals surface area contributed by atoms with Crippen LogP contribution in [0.3, 0.4) is 0 Å². The average Bonchev–Trinajstić information content (AvgIpc) is 3.00. The summed E-state index contributed by atoms with van der Waals surface area (Å²) in [4.78, 5) is 25.0. The Morgan fingerprint density at radius 2 is 1.93 bits per heavy atom. The van der Waals surface area contributed by atoms with Gasteiger partial charge in [0.2, 0.25) is 0 Å². The Labute approximate surface area is 165 Å². The van der Waals surface area contributed by atoms with E-state index in [4.69, 9.17) is 11.5 Å². The van der Waals surface area contributed by atoms with Crippen LogP contribution in [0.4, 0.5) is 5.82 Å². The van der Waals surface area contributed by atoms with E-state index >= 15 is 0 Å². The Hall–Kier alpha value is -4.38. The third-order valence-corrected chi connectivity index (χ3v) is 4.36. The number of phenolic OH excluding ortho intramolecular Hbond substituents is 1. The van der Waals surface area contributed by atoms with Crippen molar-refractivity contribution < 1.29 is 9.90 Å². The highest BCUT2D eigenvalue weighted by molar-refractivity contribution is 6.09. The molecule has 142 valence electrons. The number of benzene rings is 1. The Balaban J connectivity index is 1.97. The SMILES string of the molecule is Cc1ccc(O)cc1-n1c(N)c(C(N)=O)c2ncc(C#Cc3ccccn3)nc21. The monoisotopic (exact) mass is 384 g/mol. The fourth-order valence-electron chi connectivity index (χ4n) is 3.01. The summed E-state index contributed by atoms with van der Waals surface area (Å²) in [6, 6.07) is 10.2. The number of nitrogen functional groups attached to an aromatic ring is 1. The number of carbonyl (C=O) groups excluding carboxylic acids is 1. The summed E-state index contributed by atoms with van der Waals surface area (Å²) >= 11 is 0. The van der Waals surface area contributed by atoms with Crippen molar-refractivity contribution in [3.8, 4) is 23.3 Å². The summed E-state index contributed by atoms with van der Waals surface area (Å²) in [5.74, 6) is 5.25. The molecule has 0 radical (unpaired) electrons. The molecule has 0 bridgehead atoms. The van der Waals surface area contributed by atoms with Gasteiger partial charge in [-0.3, -0.25) is 9.36 Å². The number of primary amides is 1.